The summed E-state index contributed by atoms with van der Waals surface area (Å²) in [6.07, 6.45) is 3.40. The molecule has 5 heteroatoms. The van der Waals surface area contributed by atoms with Gasteiger partial charge in [-0.1, -0.05) is 0 Å². The molecule has 0 saturated heterocycles. The number of fused-ring (bicyclic) bond motifs is 1. The smallest absolute Gasteiger partial charge is 0.354 e. The number of hydrogen-bond acceptors (Lipinski definition) is 3. The fraction of sp³-hybridized carbons (Fsp3) is 0.667. The molecule has 1 aliphatic carbocycles. The zero-order valence-electron chi connectivity index (χ0n) is 10.0. The van der Waals surface area contributed by atoms with E-state index in [-0.39, 0.29) is 0 Å². The molecule has 0 radical (unpaired) electrons. The van der Waals surface area contributed by atoms with E-state index in [0.29, 0.717) is 12.2 Å². The van der Waals surface area contributed by atoms with E-state index < -0.39 is 5.97 Å². The van der Waals surface area contributed by atoms with Crippen LogP contribution >= 0.6 is 0 Å². The van der Waals surface area contributed by atoms with Gasteiger partial charge in [0.1, 0.15) is 5.69 Å². The van der Waals surface area contributed by atoms with Crippen LogP contribution in [0.5, 0.6) is 0 Å². The second-order valence-electron chi connectivity index (χ2n) is 4.85. The van der Waals surface area contributed by atoms with Crippen LogP contribution in [0.25, 0.3) is 0 Å². The number of carboxylic acids is 1. The van der Waals surface area contributed by atoms with Crippen LogP contribution in [0.2, 0.25) is 0 Å². The van der Waals surface area contributed by atoms with Crippen LogP contribution in [0, 0.1) is 0 Å². The van der Waals surface area contributed by atoms with Crippen molar-refractivity contribution in [1.29, 1.82) is 0 Å². The maximum atomic E-state index is 11.3. The average molecular weight is 235 g/mol. The largest absolute Gasteiger partial charge is 0.477 e. The van der Waals surface area contributed by atoms with Gasteiger partial charge in [-0.15, -0.1) is 0 Å². The molecule has 0 atom stereocenters. The minimum absolute atomic E-state index is 0.401. The molecule has 17 heavy (non-hydrogen) atoms. The molecule has 2 aliphatic rings. The fourth-order valence-electron chi connectivity index (χ4n) is 2.68. The molecule has 1 aromatic heterocycles. The van der Waals surface area contributed by atoms with Crippen molar-refractivity contribution in [1.82, 2.24) is 14.7 Å². The first-order valence-corrected chi connectivity index (χ1v) is 6.26. The Morgan fingerprint density at radius 1 is 1.53 bits per heavy atom. The molecule has 0 spiro atoms. The third kappa shape index (κ3) is 1.74. The van der Waals surface area contributed by atoms with Crippen LogP contribution in [-0.4, -0.2) is 38.3 Å². The van der Waals surface area contributed by atoms with E-state index in [0.717, 1.165) is 36.8 Å². The zero-order chi connectivity index (χ0) is 12.0. The molecule has 0 unspecified atom stereocenters. The Kier molecular flexibility index (Phi) is 2.43. The SMILES string of the molecule is CCn1nc2c(c1C(=O)O)CCN(C1CC1)C2. The van der Waals surface area contributed by atoms with Crippen molar-refractivity contribution in [2.45, 2.75) is 45.3 Å². The third-order valence-corrected chi connectivity index (χ3v) is 3.70. The van der Waals surface area contributed by atoms with E-state index in [1.807, 2.05) is 6.92 Å². The van der Waals surface area contributed by atoms with Crippen molar-refractivity contribution in [3.63, 3.8) is 0 Å². The summed E-state index contributed by atoms with van der Waals surface area (Å²) in [5, 5.41) is 13.7. The number of aromatic carboxylic acids is 1. The minimum atomic E-state index is -0.847. The van der Waals surface area contributed by atoms with Gasteiger partial charge in [-0.25, -0.2) is 4.79 Å². The number of nitrogens with zero attached hydrogens (tertiary/aromatic N) is 3. The third-order valence-electron chi connectivity index (χ3n) is 3.70. The summed E-state index contributed by atoms with van der Waals surface area (Å²) in [4.78, 5) is 13.7. The number of aryl methyl sites for hydroxylation is 1. The van der Waals surface area contributed by atoms with Crippen LogP contribution in [0.4, 0.5) is 0 Å². The lowest BCUT2D eigenvalue weighted by Gasteiger charge is -2.25. The Hall–Kier alpha value is -1.36. The molecule has 2 heterocycles. The predicted octanol–water partition coefficient (Wildman–Crippen LogP) is 1.12. The molecule has 1 N–H and O–H groups in total. The molecule has 1 fully saturated rings. The lowest BCUT2D eigenvalue weighted by molar-refractivity contribution is 0.0682. The van der Waals surface area contributed by atoms with E-state index in [9.17, 15) is 9.90 Å². The molecule has 3 rings (SSSR count). The summed E-state index contributed by atoms with van der Waals surface area (Å²) in [7, 11) is 0. The molecule has 1 saturated carbocycles. The summed E-state index contributed by atoms with van der Waals surface area (Å²) in [6.45, 7) is 4.36. The number of aromatic nitrogens is 2. The van der Waals surface area contributed by atoms with Gasteiger partial charge in [0.15, 0.2) is 0 Å². The van der Waals surface area contributed by atoms with E-state index in [2.05, 4.69) is 10.00 Å². The van der Waals surface area contributed by atoms with Gasteiger partial charge in [0.25, 0.3) is 0 Å². The summed E-state index contributed by atoms with van der Waals surface area (Å²) >= 11 is 0. The molecule has 1 aromatic rings. The van der Waals surface area contributed by atoms with Gasteiger partial charge in [0.05, 0.1) is 5.69 Å². The number of carbonyl (C=O) groups is 1. The monoisotopic (exact) mass is 235 g/mol. The standard InChI is InChI=1S/C12H17N3O2/c1-2-15-11(12(16)17)9-5-6-14(8-3-4-8)7-10(9)13-15/h8H,2-7H2,1H3,(H,16,17). The van der Waals surface area contributed by atoms with Crippen molar-refractivity contribution in [2.24, 2.45) is 0 Å². The van der Waals surface area contributed by atoms with Crippen LogP contribution in [0.15, 0.2) is 0 Å². The molecule has 5 nitrogen and oxygen atoms in total. The Balaban J connectivity index is 1.95. The number of hydrogen-bond donors (Lipinski definition) is 1. The molecule has 0 aromatic carbocycles. The first-order chi connectivity index (χ1) is 8.20. The van der Waals surface area contributed by atoms with Crippen LogP contribution in [-0.2, 0) is 19.5 Å². The van der Waals surface area contributed by atoms with Crippen LogP contribution < -0.4 is 0 Å². The summed E-state index contributed by atoms with van der Waals surface area (Å²) < 4.78 is 1.63. The maximum absolute atomic E-state index is 11.3. The number of rotatable bonds is 3. The summed E-state index contributed by atoms with van der Waals surface area (Å²) in [6, 6.07) is 0.725. The highest BCUT2D eigenvalue weighted by molar-refractivity contribution is 5.87. The Bertz CT molecular complexity index is 463. The minimum Gasteiger partial charge on any atom is -0.477 e. The van der Waals surface area contributed by atoms with Gasteiger partial charge in [-0.05, 0) is 26.2 Å². The van der Waals surface area contributed by atoms with E-state index in [1.54, 1.807) is 4.68 Å². The van der Waals surface area contributed by atoms with Crippen molar-refractivity contribution >= 4 is 5.97 Å². The lowest BCUT2D eigenvalue weighted by atomic mass is 10.0. The first-order valence-electron chi connectivity index (χ1n) is 6.26. The summed E-state index contributed by atoms with van der Waals surface area (Å²) in [5.41, 5.74) is 2.33. The van der Waals surface area contributed by atoms with Crippen molar-refractivity contribution in [2.75, 3.05) is 6.54 Å². The lowest BCUT2D eigenvalue weighted by Crippen LogP contribution is -2.32. The molecular formula is C12H17N3O2. The molecular weight excluding hydrogens is 218 g/mol. The van der Waals surface area contributed by atoms with E-state index in [1.165, 1.54) is 12.8 Å². The van der Waals surface area contributed by atoms with Gasteiger partial charge < -0.3 is 5.11 Å². The van der Waals surface area contributed by atoms with Crippen molar-refractivity contribution in [3.8, 4) is 0 Å². The second-order valence-corrected chi connectivity index (χ2v) is 4.85. The molecule has 92 valence electrons. The van der Waals surface area contributed by atoms with E-state index >= 15 is 0 Å². The predicted molar refractivity (Wildman–Crippen MR) is 62.0 cm³/mol. The summed E-state index contributed by atoms with van der Waals surface area (Å²) in [5.74, 6) is -0.847. The van der Waals surface area contributed by atoms with Crippen LogP contribution in [0.1, 0.15) is 41.5 Å². The zero-order valence-corrected chi connectivity index (χ0v) is 10.0. The van der Waals surface area contributed by atoms with Gasteiger partial charge >= 0.3 is 5.97 Å². The molecule has 1 aliphatic heterocycles. The Labute approximate surface area is 100 Å². The highest BCUT2D eigenvalue weighted by Crippen LogP contribution is 2.32. The normalized spacial score (nSPS) is 20.3. The van der Waals surface area contributed by atoms with Gasteiger partial charge in [0.2, 0.25) is 0 Å². The van der Waals surface area contributed by atoms with E-state index in [4.69, 9.17) is 0 Å². The second kappa shape index (κ2) is 3.84. The highest BCUT2D eigenvalue weighted by Gasteiger charge is 2.34. The van der Waals surface area contributed by atoms with Gasteiger partial charge in [0, 0.05) is 31.2 Å². The molecule has 0 bridgehead atoms. The van der Waals surface area contributed by atoms with Crippen molar-refractivity contribution < 1.29 is 9.90 Å². The van der Waals surface area contributed by atoms with Crippen LogP contribution in [0.3, 0.4) is 0 Å². The Morgan fingerprint density at radius 2 is 2.29 bits per heavy atom. The van der Waals surface area contributed by atoms with Gasteiger partial charge in [-0.2, -0.15) is 5.10 Å². The highest BCUT2D eigenvalue weighted by atomic mass is 16.4. The first kappa shape index (κ1) is 10.8. The number of carboxylic acid groups (broad SMARTS) is 1. The fourth-order valence-corrected chi connectivity index (χ4v) is 2.68. The van der Waals surface area contributed by atoms with Crippen molar-refractivity contribution in [3.05, 3.63) is 17.0 Å². The topological polar surface area (TPSA) is 58.4 Å². The maximum Gasteiger partial charge on any atom is 0.354 e. The molecule has 0 amide bonds. The van der Waals surface area contributed by atoms with Gasteiger partial charge in [-0.3, -0.25) is 9.58 Å². The Morgan fingerprint density at radius 3 is 2.88 bits per heavy atom. The quantitative estimate of drug-likeness (QED) is 0.853. The average Bonchev–Trinajstić information content (AvgIpc) is 3.08.